The van der Waals surface area contributed by atoms with Crippen molar-refractivity contribution in [2.24, 2.45) is 5.41 Å². The highest BCUT2D eigenvalue weighted by Crippen LogP contribution is 2.19. The first-order chi connectivity index (χ1) is 8.61. The molecule has 0 aliphatic rings. The van der Waals surface area contributed by atoms with Gasteiger partial charge in [-0.2, -0.15) is 5.26 Å². The molecule has 0 radical (unpaired) electrons. The normalized spacial score (nSPS) is 12.7. The van der Waals surface area contributed by atoms with E-state index in [0.29, 0.717) is 0 Å². The molecule has 0 aromatic heterocycles. The van der Waals surface area contributed by atoms with Crippen LogP contribution in [-0.2, 0) is 4.79 Å². The highest BCUT2D eigenvalue weighted by Gasteiger charge is 2.34. The minimum atomic E-state index is -1.06. The fraction of sp³-hybridized carbons (Fsp3) is 0.769. The Morgan fingerprint density at radius 3 is 2.21 bits per heavy atom. The maximum atomic E-state index is 12.1. The third-order valence-electron chi connectivity index (χ3n) is 2.73. The van der Waals surface area contributed by atoms with Crippen LogP contribution in [0.2, 0.25) is 0 Å². The molecule has 0 heterocycles. The second-order valence-electron chi connectivity index (χ2n) is 5.78. The Morgan fingerprint density at radius 2 is 1.89 bits per heavy atom. The lowest BCUT2D eigenvalue weighted by atomic mass is 9.87. The molecular weight excluding hydrogens is 246 g/mol. The molecule has 108 valence electrons. The van der Waals surface area contributed by atoms with E-state index in [2.05, 4.69) is 5.32 Å². The predicted molar refractivity (Wildman–Crippen MR) is 71.5 cm³/mol. The molecule has 0 aromatic rings. The molecule has 0 bridgehead atoms. The fourth-order valence-electron chi connectivity index (χ4n) is 1.62. The van der Waals surface area contributed by atoms with E-state index in [1.165, 1.54) is 4.90 Å². The number of nitrogens with zero attached hydrogens (tertiary/aromatic N) is 2. The molecule has 0 saturated carbocycles. The summed E-state index contributed by atoms with van der Waals surface area (Å²) in [4.78, 5) is 24.8. The molecule has 0 aliphatic carbocycles. The summed E-state index contributed by atoms with van der Waals surface area (Å²) in [7, 11) is 0. The van der Waals surface area contributed by atoms with E-state index in [4.69, 9.17) is 10.4 Å². The van der Waals surface area contributed by atoms with Crippen molar-refractivity contribution in [2.45, 2.75) is 53.1 Å². The van der Waals surface area contributed by atoms with Crippen LogP contribution in [0.3, 0.4) is 0 Å². The first kappa shape index (κ1) is 17.2. The molecular formula is C13H23N3O3. The number of rotatable bonds is 5. The third-order valence-corrected chi connectivity index (χ3v) is 2.73. The van der Waals surface area contributed by atoms with Gasteiger partial charge >= 0.3 is 12.0 Å². The third kappa shape index (κ3) is 5.60. The van der Waals surface area contributed by atoms with Crippen molar-refractivity contribution in [2.75, 3.05) is 6.54 Å². The van der Waals surface area contributed by atoms with Gasteiger partial charge < -0.3 is 15.3 Å². The zero-order valence-electron chi connectivity index (χ0n) is 12.2. The molecule has 0 spiro atoms. The van der Waals surface area contributed by atoms with Crippen molar-refractivity contribution in [3.05, 3.63) is 0 Å². The average molecular weight is 269 g/mol. The molecule has 0 aromatic carbocycles. The van der Waals surface area contributed by atoms with Gasteiger partial charge in [-0.15, -0.1) is 0 Å². The molecule has 1 unspecified atom stereocenters. The standard InChI is InChI=1S/C13H23N3O3/c1-9(2)16(8-6-7-14)12(19)15-10(11(17)18)13(3,4)5/h9-10H,6,8H2,1-5H3,(H,15,19)(H,17,18). The zero-order valence-corrected chi connectivity index (χ0v) is 12.2. The summed E-state index contributed by atoms with van der Waals surface area (Å²) >= 11 is 0. The van der Waals surface area contributed by atoms with Gasteiger partial charge in [-0.05, 0) is 19.3 Å². The number of nitrogens with one attached hydrogen (secondary N) is 1. The van der Waals surface area contributed by atoms with Crippen LogP contribution in [0.4, 0.5) is 4.79 Å². The number of carbonyl (C=O) groups excluding carboxylic acids is 1. The summed E-state index contributed by atoms with van der Waals surface area (Å²) in [6.45, 7) is 9.19. The largest absolute Gasteiger partial charge is 0.480 e. The van der Waals surface area contributed by atoms with Crippen molar-refractivity contribution in [1.29, 1.82) is 5.26 Å². The van der Waals surface area contributed by atoms with Crippen LogP contribution in [0, 0.1) is 16.7 Å². The lowest BCUT2D eigenvalue weighted by Crippen LogP contribution is -2.54. The number of carbonyl (C=O) groups is 2. The predicted octanol–water partition coefficient (Wildman–Crippen LogP) is 1.82. The lowest BCUT2D eigenvalue weighted by Gasteiger charge is -2.32. The van der Waals surface area contributed by atoms with Crippen molar-refractivity contribution in [3.8, 4) is 6.07 Å². The van der Waals surface area contributed by atoms with E-state index in [1.54, 1.807) is 20.8 Å². The Labute approximate surface area is 114 Å². The number of carboxylic acid groups (broad SMARTS) is 1. The number of urea groups is 1. The van der Waals surface area contributed by atoms with Gasteiger partial charge in [0.2, 0.25) is 0 Å². The van der Waals surface area contributed by atoms with E-state index in [-0.39, 0.29) is 19.0 Å². The number of hydrogen-bond donors (Lipinski definition) is 2. The van der Waals surface area contributed by atoms with Crippen molar-refractivity contribution in [1.82, 2.24) is 10.2 Å². The molecule has 19 heavy (non-hydrogen) atoms. The van der Waals surface area contributed by atoms with Gasteiger partial charge in [-0.25, -0.2) is 9.59 Å². The van der Waals surface area contributed by atoms with E-state index in [0.717, 1.165) is 0 Å². The molecule has 2 N–H and O–H groups in total. The van der Waals surface area contributed by atoms with Gasteiger partial charge in [0.1, 0.15) is 6.04 Å². The highest BCUT2D eigenvalue weighted by molar-refractivity contribution is 5.83. The van der Waals surface area contributed by atoms with Crippen molar-refractivity contribution >= 4 is 12.0 Å². The Hall–Kier alpha value is -1.77. The Morgan fingerprint density at radius 1 is 1.37 bits per heavy atom. The van der Waals surface area contributed by atoms with Gasteiger partial charge in [0.25, 0.3) is 0 Å². The fourth-order valence-corrected chi connectivity index (χ4v) is 1.62. The topological polar surface area (TPSA) is 93.4 Å². The van der Waals surface area contributed by atoms with Gasteiger partial charge in [-0.3, -0.25) is 0 Å². The number of aliphatic carboxylic acids is 1. The summed E-state index contributed by atoms with van der Waals surface area (Å²) in [6.07, 6.45) is 0.221. The second-order valence-corrected chi connectivity index (χ2v) is 5.78. The van der Waals surface area contributed by atoms with Crippen LogP contribution in [-0.4, -0.2) is 40.6 Å². The van der Waals surface area contributed by atoms with Crippen LogP contribution in [0.1, 0.15) is 41.0 Å². The lowest BCUT2D eigenvalue weighted by molar-refractivity contribution is -0.142. The van der Waals surface area contributed by atoms with E-state index in [9.17, 15) is 9.59 Å². The molecule has 0 saturated heterocycles. The smallest absolute Gasteiger partial charge is 0.326 e. The summed E-state index contributed by atoms with van der Waals surface area (Å²) in [5.74, 6) is -1.06. The summed E-state index contributed by atoms with van der Waals surface area (Å²) < 4.78 is 0. The van der Waals surface area contributed by atoms with Gasteiger partial charge in [0.05, 0.1) is 12.5 Å². The summed E-state index contributed by atoms with van der Waals surface area (Å²) in [6, 6.07) is 0.461. The van der Waals surface area contributed by atoms with E-state index < -0.39 is 23.5 Å². The van der Waals surface area contributed by atoms with E-state index >= 15 is 0 Å². The van der Waals surface area contributed by atoms with E-state index in [1.807, 2.05) is 19.9 Å². The zero-order chi connectivity index (χ0) is 15.2. The number of hydrogen-bond acceptors (Lipinski definition) is 3. The second kappa shape index (κ2) is 6.98. The quantitative estimate of drug-likeness (QED) is 0.796. The van der Waals surface area contributed by atoms with Gasteiger partial charge in [0, 0.05) is 12.6 Å². The van der Waals surface area contributed by atoms with Gasteiger partial charge in [-0.1, -0.05) is 20.8 Å². The van der Waals surface area contributed by atoms with Crippen molar-refractivity contribution < 1.29 is 14.7 Å². The monoisotopic (exact) mass is 269 g/mol. The highest BCUT2D eigenvalue weighted by atomic mass is 16.4. The Bertz CT molecular complexity index is 366. The molecule has 0 aliphatic heterocycles. The minimum absolute atomic E-state index is 0.0947. The van der Waals surface area contributed by atoms with Crippen LogP contribution in [0.15, 0.2) is 0 Å². The molecule has 0 rings (SSSR count). The SMILES string of the molecule is CC(C)N(CCC#N)C(=O)NC(C(=O)O)C(C)(C)C. The molecule has 1 atom stereocenters. The first-order valence-corrected chi connectivity index (χ1v) is 6.28. The van der Waals surface area contributed by atoms with Gasteiger partial charge in [0.15, 0.2) is 0 Å². The minimum Gasteiger partial charge on any atom is -0.480 e. The number of carboxylic acids is 1. The Balaban J connectivity index is 4.87. The van der Waals surface area contributed by atoms with Crippen LogP contribution < -0.4 is 5.32 Å². The summed E-state index contributed by atoms with van der Waals surface area (Å²) in [5.41, 5.74) is -0.584. The molecule has 2 amide bonds. The van der Waals surface area contributed by atoms with Crippen LogP contribution in [0.5, 0.6) is 0 Å². The first-order valence-electron chi connectivity index (χ1n) is 6.28. The molecule has 6 heteroatoms. The average Bonchev–Trinajstić information content (AvgIpc) is 2.23. The number of amides is 2. The summed E-state index contributed by atoms with van der Waals surface area (Å²) in [5, 5.41) is 20.3. The molecule has 0 fully saturated rings. The Kier molecular flexibility index (Phi) is 6.33. The molecule has 6 nitrogen and oxygen atoms in total. The van der Waals surface area contributed by atoms with Crippen LogP contribution >= 0.6 is 0 Å². The van der Waals surface area contributed by atoms with Crippen molar-refractivity contribution in [3.63, 3.8) is 0 Å². The van der Waals surface area contributed by atoms with Crippen LogP contribution in [0.25, 0.3) is 0 Å². The number of nitriles is 1. The maximum absolute atomic E-state index is 12.1. The maximum Gasteiger partial charge on any atom is 0.326 e.